The Balaban J connectivity index is 2.87. The molecular weight excluding hydrogens is 238 g/mol. The average molecular weight is 242 g/mol. The van der Waals surface area contributed by atoms with Crippen molar-refractivity contribution in [3.05, 3.63) is 27.7 Å². The first-order valence-electron chi connectivity index (χ1n) is 3.31. The van der Waals surface area contributed by atoms with Gasteiger partial charge in [0, 0.05) is 16.1 Å². The van der Waals surface area contributed by atoms with Gasteiger partial charge in [0.05, 0.1) is 4.88 Å². The van der Waals surface area contributed by atoms with Crippen LogP contribution >= 0.6 is 27.3 Å². The van der Waals surface area contributed by atoms with Gasteiger partial charge >= 0.3 is 0 Å². The molecular formula is C8H4BrNOS. The van der Waals surface area contributed by atoms with Crippen molar-refractivity contribution in [2.75, 3.05) is 0 Å². The third-order valence-corrected chi connectivity index (χ3v) is 3.69. The minimum Gasteiger partial charge on any atom is -0.297 e. The molecule has 0 saturated heterocycles. The second kappa shape index (κ2) is 2.95. The number of fused-ring (bicyclic) bond motifs is 1. The number of nitrogens with zero attached hydrogens (tertiary/aromatic N) is 1. The van der Waals surface area contributed by atoms with Gasteiger partial charge in [0.15, 0.2) is 6.29 Å². The summed E-state index contributed by atoms with van der Waals surface area (Å²) in [4.78, 5) is 16.3. The van der Waals surface area contributed by atoms with E-state index in [0.29, 0.717) is 4.88 Å². The molecule has 0 amide bonds. The molecule has 0 aliphatic carbocycles. The lowest BCUT2D eigenvalue weighted by Crippen LogP contribution is -1.70. The van der Waals surface area contributed by atoms with E-state index >= 15 is 0 Å². The Bertz CT molecular complexity index is 438. The zero-order chi connectivity index (χ0) is 8.55. The third kappa shape index (κ3) is 1.07. The highest BCUT2D eigenvalue weighted by Crippen LogP contribution is 2.32. The number of hydrogen-bond acceptors (Lipinski definition) is 3. The van der Waals surface area contributed by atoms with E-state index in [1.54, 1.807) is 6.20 Å². The number of rotatable bonds is 1. The molecule has 60 valence electrons. The van der Waals surface area contributed by atoms with Crippen LogP contribution in [-0.4, -0.2) is 11.3 Å². The van der Waals surface area contributed by atoms with Crippen molar-refractivity contribution in [2.24, 2.45) is 0 Å². The summed E-state index contributed by atoms with van der Waals surface area (Å²) in [6, 6.07) is 3.80. The van der Waals surface area contributed by atoms with Crippen LogP contribution in [0.25, 0.3) is 10.2 Å². The first-order valence-corrected chi connectivity index (χ1v) is 4.92. The summed E-state index contributed by atoms with van der Waals surface area (Å²) in [6.07, 6.45) is 2.57. The van der Waals surface area contributed by atoms with Crippen LogP contribution in [0.3, 0.4) is 0 Å². The predicted molar refractivity (Wildman–Crippen MR) is 52.7 cm³/mol. The van der Waals surface area contributed by atoms with Crippen LogP contribution in [-0.2, 0) is 0 Å². The fourth-order valence-electron chi connectivity index (χ4n) is 0.997. The lowest BCUT2D eigenvalue weighted by atomic mass is 10.3. The quantitative estimate of drug-likeness (QED) is 0.719. The maximum atomic E-state index is 10.5. The normalized spacial score (nSPS) is 10.4. The van der Waals surface area contributed by atoms with Gasteiger partial charge in [-0.1, -0.05) is 0 Å². The molecule has 0 radical (unpaired) electrons. The molecule has 2 aromatic heterocycles. The standard InChI is InChI=1S/C8H4BrNOS/c9-7-5-2-1-3-10-8(5)12-6(7)4-11/h1-4H. The molecule has 4 heteroatoms. The lowest BCUT2D eigenvalue weighted by molar-refractivity contribution is 0.112. The summed E-state index contributed by atoms with van der Waals surface area (Å²) >= 11 is 4.75. The van der Waals surface area contributed by atoms with Crippen LogP contribution in [0.1, 0.15) is 9.67 Å². The van der Waals surface area contributed by atoms with E-state index in [4.69, 9.17) is 0 Å². The van der Waals surface area contributed by atoms with Crippen LogP contribution in [0.5, 0.6) is 0 Å². The van der Waals surface area contributed by atoms with Crippen molar-refractivity contribution in [3.8, 4) is 0 Å². The zero-order valence-electron chi connectivity index (χ0n) is 5.95. The number of halogens is 1. The Morgan fingerprint density at radius 1 is 1.58 bits per heavy atom. The van der Waals surface area contributed by atoms with Crippen LogP contribution in [0.15, 0.2) is 22.8 Å². The minimum absolute atomic E-state index is 0.698. The number of hydrogen-bond donors (Lipinski definition) is 0. The van der Waals surface area contributed by atoms with Crippen molar-refractivity contribution < 1.29 is 4.79 Å². The summed E-state index contributed by atoms with van der Waals surface area (Å²) in [5.41, 5.74) is 0. The second-order valence-electron chi connectivity index (χ2n) is 2.25. The Morgan fingerprint density at radius 2 is 2.42 bits per heavy atom. The molecule has 0 saturated carbocycles. The molecule has 12 heavy (non-hydrogen) atoms. The molecule has 0 atom stereocenters. The molecule has 2 nitrogen and oxygen atoms in total. The monoisotopic (exact) mass is 241 g/mol. The molecule has 0 unspecified atom stereocenters. The van der Waals surface area contributed by atoms with Crippen molar-refractivity contribution >= 4 is 43.8 Å². The Kier molecular flexibility index (Phi) is 1.94. The van der Waals surface area contributed by atoms with Crippen LogP contribution in [0, 0.1) is 0 Å². The van der Waals surface area contributed by atoms with Gasteiger partial charge in [-0.25, -0.2) is 4.98 Å². The van der Waals surface area contributed by atoms with E-state index in [2.05, 4.69) is 20.9 Å². The lowest BCUT2D eigenvalue weighted by Gasteiger charge is -1.85. The summed E-state index contributed by atoms with van der Waals surface area (Å²) in [6.45, 7) is 0. The van der Waals surface area contributed by atoms with E-state index in [-0.39, 0.29) is 0 Å². The fourth-order valence-corrected chi connectivity index (χ4v) is 2.63. The SMILES string of the molecule is O=Cc1sc2ncccc2c1Br. The van der Waals surface area contributed by atoms with E-state index in [1.807, 2.05) is 12.1 Å². The van der Waals surface area contributed by atoms with Gasteiger partial charge in [-0.15, -0.1) is 11.3 Å². The second-order valence-corrected chi connectivity index (χ2v) is 4.08. The van der Waals surface area contributed by atoms with E-state index in [9.17, 15) is 4.79 Å². The van der Waals surface area contributed by atoms with Crippen molar-refractivity contribution in [3.63, 3.8) is 0 Å². The molecule has 2 aromatic rings. The maximum Gasteiger partial charge on any atom is 0.161 e. The number of carbonyl (C=O) groups is 1. The first-order chi connectivity index (χ1) is 5.83. The molecule has 0 fully saturated rings. The van der Waals surface area contributed by atoms with Crippen molar-refractivity contribution in [1.82, 2.24) is 4.98 Å². The smallest absolute Gasteiger partial charge is 0.161 e. The number of thiophene rings is 1. The van der Waals surface area contributed by atoms with E-state index in [0.717, 1.165) is 21.0 Å². The molecule has 0 N–H and O–H groups in total. The first kappa shape index (κ1) is 7.89. The minimum atomic E-state index is 0.698. The van der Waals surface area contributed by atoms with Crippen LogP contribution in [0.2, 0.25) is 0 Å². The Morgan fingerprint density at radius 3 is 3.08 bits per heavy atom. The molecule has 2 heterocycles. The molecule has 0 aliphatic heterocycles. The maximum absolute atomic E-state index is 10.5. The third-order valence-electron chi connectivity index (χ3n) is 1.54. The van der Waals surface area contributed by atoms with Gasteiger partial charge in [-0.05, 0) is 28.1 Å². The Labute approximate surface area is 81.4 Å². The largest absolute Gasteiger partial charge is 0.297 e. The van der Waals surface area contributed by atoms with Gasteiger partial charge < -0.3 is 0 Å². The van der Waals surface area contributed by atoms with Crippen LogP contribution in [0.4, 0.5) is 0 Å². The van der Waals surface area contributed by atoms with Crippen LogP contribution < -0.4 is 0 Å². The predicted octanol–water partition coefficient (Wildman–Crippen LogP) is 2.87. The van der Waals surface area contributed by atoms with Gasteiger partial charge in [0.25, 0.3) is 0 Å². The van der Waals surface area contributed by atoms with Crippen molar-refractivity contribution in [2.45, 2.75) is 0 Å². The highest BCUT2D eigenvalue weighted by Gasteiger charge is 2.08. The summed E-state index contributed by atoms with van der Waals surface area (Å²) in [7, 11) is 0. The van der Waals surface area contributed by atoms with Gasteiger partial charge in [0.2, 0.25) is 0 Å². The van der Waals surface area contributed by atoms with E-state index < -0.39 is 0 Å². The average Bonchev–Trinajstić information content (AvgIpc) is 2.44. The number of aldehydes is 1. The molecule has 2 rings (SSSR count). The van der Waals surface area contributed by atoms with Crippen molar-refractivity contribution in [1.29, 1.82) is 0 Å². The highest BCUT2D eigenvalue weighted by molar-refractivity contribution is 9.10. The fraction of sp³-hybridized carbons (Fsp3) is 0. The van der Waals surface area contributed by atoms with E-state index in [1.165, 1.54) is 11.3 Å². The highest BCUT2D eigenvalue weighted by atomic mass is 79.9. The van der Waals surface area contributed by atoms with Gasteiger partial charge in [-0.2, -0.15) is 0 Å². The van der Waals surface area contributed by atoms with Gasteiger partial charge in [-0.3, -0.25) is 4.79 Å². The summed E-state index contributed by atoms with van der Waals surface area (Å²) < 4.78 is 0.852. The summed E-state index contributed by atoms with van der Waals surface area (Å²) in [5, 5.41) is 1.00. The topological polar surface area (TPSA) is 30.0 Å². The summed E-state index contributed by atoms with van der Waals surface area (Å²) in [5.74, 6) is 0. The molecule has 0 aromatic carbocycles. The zero-order valence-corrected chi connectivity index (χ0v) is 8.35. The number of carbonyl (C=O) groups excluding carboxylic acids is 1. The Hall–Kier alpha value is -0.740. The number of aromatic nitrogens is 1. The van der Waals surface area contributed by atoms with Gasteiger partial charge in [0.1, 0.15) is 4.83 Å². The number of pyridine rings is 1. The molecule has 0 spiro atoms. The molecule has 0 bridgehead atoms. The molecule has 0 aliphatic rings.